The third-order valence-corrected chi connectivity index (χ3v) is 1.93. The van der Waals surface area contributed by atoms with Crippen LogP contribution in [0.25, 0.3) is 11.4 Å². The molecule has 0 spiro atoms. The number of imidazole rings is 1. The van der Waals surface area contributed by atoms with Crippen LogP contribution in [0.4, 0.5) is 0 Å². The molecular formula is C8H11N5. The van der Waals surface area contributed by atoms with Gasteiger partial charge in [-0.25, -0.2) is 4.98 Å². The third kappa shape index (κ3) is 1.33. The lowest BCUT2D eigenvalue weighted by molar-refractivity contribution is 0.909. The van der Waals surface area contributed by atoms with Crippen LogP contribution in [0.5, 0.6) is 0 Å². The van der Waals surface area contributed by atoms with Gasteiger partial charge in [0.15, 0.2) is 0 Å². The van der Waals surface area contributed by atoms with E-state index in [1.807, 2.05) is 17.7 Å². The monoisotopic (exact) mass is 177 g/mol. The number of nitrogens with one attached hydrogen (secondary N) is 1. The first-order valence-electron chi connectivity index (χ1n) is 4.02. The minimum Gasteiger partial charge on any atom is -0.332 e. The van der Waals surface area contributed by atoms with Crippen molar-refractivity contribution in [3.8, 4) is 11.4 Å². The summed E-state index contributed by atoms with van der Waals surface area (Å²) in [5.74, 6) is 0. The van der Waals surface area contributed by atoms with Gasteiger partial charge >= 0.3 is 0 Å². The van der Waals surface area contributed by atoms with Crippen LogP contribution in [-0.4, -0.2) is 19.7 Å². The van der Waals surface area contributed by atoms with Crippen LogP contribution in [0.1, 0.15) is 5.69 Å². The lowest BCUT2D eigenvalue weighted by Crippen LogP contribution is -1.95. The molecule has 0 saturated carbocycles. The number of hydrogen-bond acceptors (Lipinski definition) is 3. The largest absolute Gasteiger partial charge is 0.332 e. The summed E-state index contributed by atoms with van der Waals surface area (Å²) in [6.07, 6.45) is 3.52. The van der Waals surface area contributed by atoms with Crippen molar-refractivity contribution in [3.05, 3.63) is 24.3 Å². The second-order valence-electron chi connectivity index (χ2n) is 2.87. The van der Waals surface area contributed by atoms with Gasteiger partial charge in [-0.1, -0.05) is 0 Å². The SMILES string of the molecule is Cn1cncc1-c1cc(CN)[nH]n1. The van der Waals surface area contributed by atoms with Gasteiger partial charge in [0.2, 0.25) is 0 Å². The molecule has 0 radical (unpaired) electrons. The summed E-state index contributed by atoms with van der Waals surface area (Å²) in [5.41, 5.74) is 8.25. The molecule has 0 aliphatic carbocycles. The molecule has 0 bridgehead atoms. The summed E-state index contributed by atoms with van der Waals surface area (Å²) in [5, 5.41) is 6.98. The number of aryl methyl sites for hydroxylation is 1. The second-order valence-corrected chi connectivity index (χ2v) is 2.87. The van der Waals surface area contributed by atoms with Crippen molar-refractivity contribution in [2.75, 3.05) is 0 Å². The zero-order chi connectivity index (χ0) is 9.26. The van der Waals surface area contributed by atoms with Crippen LogP contribution >= 0.6 is 0 Å². The zero-order valence-corrected chi connectivity index (χ0v) is 7.36. The molecule has 0 saturated heterocycles. The topological polar surface area (TPSA) is 72.5 Å². The summed E-state index contributed by atoms with van der Waals surface area (Å²) in [4.78, 5) is 4.01. The van der Waals surface area contributed by atoms with E-state index in [9.17, 15) is 0 Å². The van der Waals surface area contributed by atoms with E-state index in [4.69, 9.17) is 5.73 Å². The van der Waals surface area contributed by atoms with E-state index in [0.717, 1.165) is 17.1 Å². The van der Waals surface area contributed by atoms with Crippen molar-refractivity contribution in [2.24, 2.45) is 12.8 Å². The number of rotatable bonds is 2. The van der Waals surface area contributed by atoms with Crippen molar-refractivity contribution < 1.29 is 0 Å². The number of nitrogens with two attached hydrogens (primary N) is 1. The average Bonchev–Trinajstić information content (AvgIpc) is 2.71. The number of aromatic amines is 1. The van der Waals surface area contributed by atoms with Gasteiger partial charge in [0.05, 0.1) is 18.2 Å². The quantitative estimate of drug-likeness (QED) is 0.691. The first-order valence-corrected chi connectivity index (χ1v) is 4.02. The van der Waals surface area contributed by atoms with Gasteiger partial charge in [-0.3, -0.25) is 5.10 Å². The van der Waals surface area contributed by atoms with E-state index >= 15 is 0 Å². The molecule has 0 aliphatic heterocycles. The predicted molar refractivity (Wildman–Crippen MR) is 48.7 cm³/mol. The summed E-state index contributed by atoms with van der Waals surface area (Å²) in [7, 11) is 1.93. The van der Waals surface area contributed by atoms with E-state index in [1.165, 1.54) is 0 Å². The van der Waals surface area contributed by atoms with Crippen molar-refractivity contribution in [1.82, 2.24) is 19.7 Å². The van der Waals surface area contributed by atoms with Gasteiger partial charge in [0, 0.05) is 19.3 Å². The van der Waals surface area contributed by atoms with Crippen LogP contribution in [-0.2, 0) is 13.6 Å². The van der Waals surface area contributed by atoms with Crippen LogP contribution in [0.15, 0.2) is 18.6 Å². The first-order chi connectivity index (χ1) is 6.31. The Kier molecular flexibility index (Phi) is 1.86. The number of H-pyrrole nitrogens is 1. The van der Waals surface area contributed by atoms with E-state index in [-0.39, 0.29) is 0 Å². The lowest BCUT2D eigenvalue weighted by atomic mass is 10.3. The third-order valence-electron chi connectivity index (χ3n) is 1.93. The Bertz CT molecular complexity index is 400. The molecule has 2 heterocycles. The molecule has 2 aromatic rings. The van der Waals surface area contributed by atoms with Crippen LogP contribution in [0, 0.1) is 0 Å². The molecule has 3 N–H and O–H groups in total. The van der Waals surface area contributed by atoms with Gasteiger partial charge in [-0.15, -0.1) is 0 Å². The molecule has 5 heteroatoms. The molecule has 0 fully saturated rings. The highest BCUT2D eigenvalue weighted by Crippen LogP contribution is 2.15. The van der Waals surface area contributed by atoms with Gasteiger partial charge in [-0.05, 0) is 6.07 Å². The number of hydrogen-bond donors (Lipinski definition) is 2. The highest BCUT2D eigenvalue weighted by Gasteiger charge is 2.05. The molecule has 0 aromatic carbocycles. The molecule has 0 atom stereocenters. The molecule has 13 heavy (non-hydrogen) atoms. The predicted octanol–water partition coefficient (Wildman–Crippen LogP) is 0.269. The fraction of sp³-hybridized carbons (Fsp3) is 0.250. The maximum atomic E-state index is 5.46. The fourth-order valence-electron chi connectivity index (χ4n) is 1.20. The minimum atomic E-state index is 0.477. The number of aromatic nitrogens is 4. The Morgan fingerprint density at radius 3 is 3.00 bits per heavy atom. The number of nitrogens with zero attached hydrogens (tertiary/aromatic N) is 3. The Labute approximate surface area is 75.6 Å². The van der Waals surface area contributed by atoms with Crippen LogP contribution in [0.2, 0.25) is 0 Å². The Morgan fingerprint density at radius 1 is 1.62 bits per heavy atom. The van der Waals surface area contributed by atoms with E-state index < -0.39 is 0 Å². The summed E-state index contributed by atoms with van der Waals surface area (Å²) in [6.45, 7) is 0.477. The Hall–Kier alpha value is -1.62. The first kappa shape index (κ1) is 8.00. The lowest BCUT2D eigenvalue weighted by Gasteiger charge is -1.94. The van der Waals surface area contributed by atoms with Gasteiger partial charge in [0.25, 0.3) is 0 Å². The van der Waals surface area contributed by atoms with Crippen LogP contribution < -0.4 is 5.73 Å². The highest BCUT2D eigenvalue weighted by molar-refractivity contribution is 5.53. The molecular weight excluding hydrogens is 166 g/mol. The van der Waals surface area contributed by atoms with Crippen molar-refractivity contribution in [3.63, 3.8) is 0 Å². The van der Waals surface area contributed by atoms with Gasteiger partial charge in [-0.2, -0.15) is 5.10 Å². The minimum absolute atomic E-state index is 0.477. The summed E-state index contributed by atoms with van der Waals surface area (Å²) >= 11 is 0. The summed E-state index contributed by atoms with van der Waals surface area (Å²) < 4.78 is 1.91. The Morgan fingerprint density at radius 2 is 2.46 bits per heavy atom. The van der Waals surface area contributed by atoms with Crippen molar-refractivity contribution >= 4 is 0 Å². The van der Waals surface area contributed by atoms with Gasteiger partial charge in [0.1, 0.15) is 5.69 Å². The molecule has 0 unspecified atom stereocenters. The smallest absolute Gasteiger partial charge is 0.110 e. The molecule has 2 rings (SSSR count). The van der Waals surface area contributed by atoms with E-state index in [1.54, 1.807) is 12.5 Å². The highest BCUT2D eigenvalue weighted by atomic mass is 15.1. The molecule has 0 aliphatic rings. The van der Waals surface area contributed by atoms with Gasteiger partial charge < -0.3 is 10.3 Å². The molecule has 0 amide bonds. The fourth-order valence-corrected chi connectivity index (χ4v) is 1.20. The Balaban J connectivity index is 2.41. The average molecular weight is 177 g/mol. The van der Waals surface area contributed by atoms with E-state index in [0.29, 0.717) is 6.54 Å². The maximum Gasteiger partial charge on any atom is 0.110 e. The molecule has 2 aromatic heterocycles. The maximum absolute atomic E-state index is 5.46. The van der Waals surface area contributed by atoms with Crippen molar-refractivity contribution in [2.45, 2.75) is 6.54 Å². The second kappa shape index (κ2) is 3.02. The standard InChI is InChI=1S/C8H11N5/c1-13-5-10-4-8(13)7-2-6(3-9)11-12-7/h2,4-5H,3,9H2,1H3,(H,11,12). The molecule has 68 valence electrons. The molecule has 5 nitrogen and oxygen atoms in total. The van der Waals surface area contributed by atoms with E-state index in [2.05, 4.69) is 15.2 Å². The van der Waals surface area contributed by atoms with Crippen LogP contribution in [0.3, 0.4) is 0 Å². The van der Waals surface area contributed by atoms with Crippen molar-refractivity contribution in [1.29, 1.82) is 0 Å². The normalized spacial score (nSPS) is 10.6. The zero-order valence-electron chi connectivity index (χ0n) is 7.36. The summed E-state index contributed by atoms with van der Waals surface area (Å²) in [6, 6.07) is 1.93.